The summed E-state index contributed by atoms with van der Waals surface area (Å²) in [6.07, 6.45) is 0. The molecule has 0 radical (unpaired) electrons. The number of thioether (sulfide) groups is 1. The van der Waals surface area contributed by atoms with Crippen LogP contribution in [-0.4, -0.2) is 28.5 Å². The minimum atomic E-state index is 0.339. The molecule has 0 aliphatic carbocycles. The van der Waals surface area contributed by atoms with Gasteiger partial charge in [-0.1, -0.05) is 84.6 Å². The first kappa shape index (κ1) is 22.1. The predicted octanol–water partition coefficient (Wildman–Crippen LogP) is 5.77. The average Bonchev–Trinajstić information content (AvgIpc) is 3.23. The lowest BCUT2D eigenvalue weighted by molar-refractivity contribution is 0.181. The third-order valence-corrected chi connectivity index (χ3v) is 6.27. The summed E-state index contributed by atoms with van der Waals surface area (Å²) >= 11 is 1.69. The molecule has 0 amide bonds. The molecule has 0 bridgehead atoms. The summed E-state index contributed by atoms with van der Waals surface area (Å²) in [6, 6.07) is 26.8. The van der Waals surface area contributed by atoms with Gasteiger partial charge < -0.3 is 14.0 Å². The average molecular weight is 446 g/mol. The Kier molecular flexibility index (Phi) is 7.59. The van der Waals surface area contributed by atoms with E-state index in [-0.39, 0.29) is 0 Å². The number of aromatic nitrogens is 3. The Hall–Kier alpha value is -3.09. The molecule has 6 heteroatoms. The number of methoxy groups -OCH3 is 1. The third-order valence-electron chi connectivity index (χ3n) is 5.26. The topological polar surface area (TPSA) is 49.2 Å². The van der Waals surface area contributed by atoms with Crippen molar-refractivity contribution < 1.29 is 9.47 Å². The van der Waals surface area contributed by atoms with Crippen molar-refractivity contribution in [3.05, 3.63) is 95.8 Å². The third kappa shape index (κ3) is 5.39. The molecule has 3 aromatic carbocycles. The van der Waals surface area contributed by atoms with Crippen LogP contribution in [0.1, 0.15) is 17.0 Å². The maximum atomic E-state index is 6.22. The summed E-state index contributed by atoms with van der Waals surface area (Å²) in [4.78, 5) is 0. The molecule has 0 fully saturated rings. The van der Waals surface area contributed by atoms with Crippen LogP contribution in [0, 0.1) is 6.92 Å². The Morgan fingerprint density at radius 3 is 2.44 bits per heavy atom. The van der Waals surface area contributed by atoms with E-state index in [4.69, 9.17) is 9.47 Å². The normalized spacial score (nSPS) is 10.9. The number of rotatable bonds is 10. The Morgan fingerprint density at radius 2 is 1.62 bits per heavy atom. The molecule has 1 heterocycles. The van der Waals surface area contributed by atoms with Crippen LogP contribution in [0.4, 0.5) is 0 Å². The van der Waals surface area contributed by atoms with Gasteiger partial charge in [0, 0.05) is 25.0 Å². The maximum absolute atomic E-state index is 6.22. The second-order valence-corrected chi connectivity index (χ2v) is 8.35. The molecule has 0 aliphatic rings. The van der Waals surface area contributed by atoms with Gasteiger partial charge in [0.05, 0.1) is 6.61 Å². The van der Waals surface area contributed by atoms with E-state index in [1.807, 2.05) is 36.4 Å². The minimum Gasteiger partial charge on any atom is -0.485 e. The van der Waals surface area contributed by atoms with Gasteiger partial charge in [-0.2, -0.15) is 0 Å². The molecule has 4 aromatic rings. The van der Waals surface area contributed by atoms with Crippen molar-refractivity contribution in [2.45, 2.75) is 31.0 Å². The Bertz CT molecular complexity index is 1140. The maximum Gasteiger partial charge on any atom is 0.191 e. The molecule has 0 saturated heterocycles. The molecular weight excluding hydrogens is 418 g/mol. The van der Waals surface area contributed by atoms with Gasteiger partial charge in [-0.15, -0.1) is 10.2 Å². The van der Waals surface area contributed by atoms with Crippen molar-refractivity contribution in [2.75, 3.05) is 13.7 Å². The van der Waals surface area contributed by atoms with Gasteiger partial charge >= 0.3 is 0 Å². The summed E-state index contributed by atoms with van der Waals surface area (Å²) in [5, 5.41) is 9.76. The highest BCUT2D eigenvalue weighted by atomic mass is 32.2. The number of aryl methyl sites for hydroxylation is 1. The molecular formula is C26H27N3O2S. The highest BCUT2D eigenvalue weighted by Crippen LogP contribution is 2.30. The first-order valence-electron chi connectivity index (χ1n) is 10.6. The first-order chi connectivity index (χ1) is 15.8. The number of para-hydroxylation sites is 1. The highest BCUT2D eigenvalue weighted by molar-refractivity contribution is 7.98. The second kappa shape index (κ2) is 11.0. The van der Waals surface area contributed by atoms with Crippen LogP contribution < -0.4 is 4.74 Å². The monoisotopic (exact) mass is 445 g/mol. The van der Waals surface area contributed by atoms with E-state index in [1.54, 1.807) is 18.9 Å². The summed E-state index contributed by atoms with van der Waals surface area (Å²) in [5.41, 5.74) is 4.76. The SMILES string of the molecule is COCCn1c(COc2ccccc2-c2ccccc2)nnc1SCc1ccccc1C. The Balaban J connectivity index is 1.51. The van der Waals surface area contributed by atoms with Gasteiger partial charge in [0.25, 0.3) is 0 Å². The zero-order chi connectivity index (χ0) is 22.2. The van der Waals surface area contributed by atoms with E-state index in [0.717, 1.165) is 33.6 Å². The van der Waals surface area contributed by atoms with Crippen LogP contribution >= 0.6 is 11.8 Å². The van der Waals surface area contributed by atoms with Crippen LogP contribution in [0.25, 0.3) is 11.1 Å². The summed E-state index contributed by atoms with van der Waals surface area (Å²) in [6.45, 7) is 3.74. The lowest BCUT2D eigenvalue weighted by Gasteiger charge is -2.13. The van der Waals surface area contributed by atoms with Crippen molar-refractivity contribution in [1.82, 2.24) is 14.8 Å². The van der Waals surface area contributed by atoms with Crippen molar-refractivity contribution >= 4 is 11.8 Å². The second-order valence-electron chi connectivity index (χ2n) is 7.41. The fraction of sp³-hybridized carbons (Fsp3) is 0.231. The molecule has 32 heavy (non-hydrogen) atoms. The molecule has 0 spiro atoms. The van der Waals surface area contributed by atoms with Crippen LogP contribution in [0.2, 0.25) is 0 Å². The first-order valence-corrected chi connectivity index (χ1v) is 11.6. The zero-order valence-electron chi connectivity index (χ0n) is 18.4. The van der Waals surface area contributed by atoms with Gasteiger partial charge in [-0.25, -0.2) is 0 Å². The molecule has 0 unspecified atom stereocenters. The number of nitrogens with zero attached hydrogens (tertiary/aromatic N) is 3. The Morgan fingerprint density at radius 1 is 0.875 bits per heavy atom. The summed E-state index contributed by atoms with van der Waals surface area (Å²) in [7, 11) is 1.71. The molecule has 0 N–H and O–H groups in total. The number of benzene rings is 3. The van der Waals surface area contributed by atoms with E-state index >= 15 is 0 Å². The van der Waals surface area contributed by atoms with Crippen LogP contribution in [0.3, 0.4) is 0 Å². The highest BCUT2D eigenvalue weighted by Gasteiger charge is 2.15. The molecule has 0 saturated carbocycles. The van der Waals surface area contributed by atoms with Gasteiger partial charge in [-0.3, -0.25) is 0 Å². The summed E-state index contributed by atoms with van der Waals surface area (Å²) < 4.78 is 13.6. The number of hydrogen-bond acceptors (Lipinski definition) is 5. The van der Waals surface area contributed by atoms with Crippen molar-refractivity contribution in [1.29, 1.82) is 0 Å². The van der Waals surface area contributed by atoms with E-state index in [1.165, 1.54) is 11.1 Å². The molecule has 1 aromatic heterocycles. The quantitative estimate of drug-likeness (QED) is 0.290. The molecule has 4 rings (SSSR count). The predicted molar refractivity (Wildman–Crippen MR) is 129 cm³/mol. The largest absolute Gasteiger partial charge is 0.485 e. The molecule has 0 aliphatic heterocycles. The van der Waals surface area contributed by atoms with Crippen LogP contribution in [0.5, 0.6) is 5.75 Å². The fourth-order valence-corrected chi connectivity index (χ4v) is 4.50. The van der Waals surface area contributed by atoms with Gasteiger partial charge in [0.2, 0.25) is 0 Å². The van der Waals surface area contributed by atoms with Gasteiger partial charge in [0.1, 0.15) is 12.4 Å². The van der Waals surface area contributed by atoms with Crippen LogP contribution in [-0.2, 0) is 23.6 Å². The zero-order valence-corrected chi connectivity index (χ0v) is 19.2. The van der Waals surface area contributed by atoms with Gasteiger partial charge in [0.15, 0.2) is 11.0 Å². The molecule has 164 valence electrons. The minimum absolute atomic E-state index is 0.339. The lowest BCUT2D eigenvalue weighted by Crippen LogP contribution is -2.12. The molecule has 0 atom stereocenters. The van der Waals surface area contributed by atoms with E-state index in [9.17, 15) is 0 Å². The molecule has 5 nitrogen and oxygen atoms in total. The van der Waals surface area contributed by atoms with E-state index in [0.29, 0.717) is 19.8 Å². The van der Waals surface area contributed by atoms with Crippen molar-refractivity contribution in [3.8, 4) is 16.9 Å². The van der Waals surface area contributed by atoms with Crippen LogP contribution in [0.15, 0.2) is 84.0 Å². The fourth-order valence-electron chi connectivity index (χ4n) is 3.45. The number of ether oxygens (including phenoxy) is 2. The Labute approximate surface area is 193 Å². The van der Waals surface area contributed by atoms with E-state index in [2.05, 4.69) is 64.2 Å². The van der Waals surface area contributed by atoms with E-state index < -0.39 is 0 Å². The van der Waals surface area contributed by atoms with Crippen molar-refractivity contribution in [3.63, 3.8) is 0 Å². The lowest BCUT2D eigenvalue weighted by atomic mass is 10.1. The number of hydrogen-bond donors (Lipinski definition) is 0. The summed E-state index contributed by atoms with van der Waals surface area (Å²) in [5.74, 6) is 2.46. The van der Waals surface area contributed by atoms with Crippen molar-refractivity contribution in [2.24, 2.45) is 0 Å². The smallest absolute Gasteiger partial charge is 0.191 e. The standard InChI is InChI=1S/C26H27N3O2S/c1-20-10-6-7-13-22(20)19-32-26-28-27-25(29(26)16-17-30-2)18-31-24-15-9-8-14-23(24)21-11-4-3-5-12-21/h3-15H,16-19H2,1-2H3. The van der Waals surface area contributed by atoms with Gasteiger partial charge in [-0.05, 0) is 29.7 Å².